The van der Waals surface area contributed by atoms with Crippen molar-refractivity contribution >= 4 is 44.0 Å². The lowest BCUT2D eigenvalue weighted by Gasteiger charge is -2.21. The Labute approximate surface area is 168 Å². The van der Waals surface area contributed by atoms with Gasteiger partial charge >= 0.3 is 0 Å². The molecular formula is C18H23N5O3S2. The number of amides is 1. The van der Waals surface area contributed by atoms with Gasteiger partial charge in [0.2, 0.25) is 5.91 Å². The second kappa shape index (κ2) is 7.98. The molecule has 150 valence electrons. The van der Waals surface area contributed by atoms with Crippen LogP contribution in [-0.4, -0.2) is 35.1 Å². The zero-order valence-electron chi connectivity index (χ0n) is 16.1. The van der Waals surface area contributed by atoms with Crippen LogP contribution in [-0.2, 0) is 14.8 Å². The summed E-state index contributed by atoms with van der Waals surface area (Å²) in [5.74, 6) is -0.678. The first-order valence-electron chi connectivity index (χ1n) is 8.89. The Morgan fingerprint density at radius 3 is 2.57 bits per heavy atom. The van der Waals surface area contributed by atoms with E-state index in [1.54, 1.807) is 48.4 Å². The van der Waals surface area contributed by atoms with E-state index in [1.807, 2.05) is 13.8 Å². The fourth-order valence-corrected chi connectivity index (χ4v) is 5.09. The van der Waals surface area contributed by atoms with E-state index in [9.17, 15) is 13.2 Å². The molecule has 0 aliphatic heterocycles. The van der Waals surface area contributed by atoms with Gasteiger partial charge in [0, 0.05) is 11.4 Å². The van der Waals surface area contributed by atoms with E-state index in [4.69, 9.17) is 0 Å². The third-order valence-corrected chi connectivity index (χ3v) is 7.02. The van der Waals surface area contributed by atoms with Crippen molar-refractivity contribution in [2.75, 3.05) is 5.32 Å². The van der Waals surface area contributed by atoms with Gasteiger partial charge in [-0.3, -0.25) is 4.79 Å². The highest BCUT2D eigenvalue weighted by molar-refractivity contribution is 7.91. The maximum Gasteiger partial charge on any atom is 0.250 e. The average molecular weight is 422 g/mol. The minimum atomic E-state index is -3.76. The highest BCUT2D eigenvalue weighted by atomic mass is 32.2. The van der Waals surface area contributed by atoms with Crippen molar-refractivity contribution in [2.24, 2.45) is 5.92 Å². The summed E-state index contributed by atoms with van der Waals surface area (Å²) in [6.45, 7) is 7.60. The Morgan fingerprint density at radius 1 is 1.21 bits per heavy atom. The maximum atomic E-state index is 12.8. The van der Waals surface area contributed by atoms with E-state index in [1.165, 1.54) is 6.07 Å². The van der Waals surface area contributed by atoms with Crippen LogP contribution in [0.5, 0.6) is 0 Å². The number of pyridine rings is 1. The van der Waals surface area contributed by atoms with Crippen molar-refractivity contribution in [3.05, 3.63) is 36.0 Å². The summed E-state index contributed by atoms with van der Waals surface area (Å²) in [4.78, 5) is 17.2. The number of hydrogen-bond donors (Lipinski definition) is 2. The molecule has 3 rings (SSSR count). The first-order valence-corrected chi connectivity index (χ1v) is 11.3. The number of thiophene rings is 1. The van der Waals surface area contributed by atoms with Gasteiger partial charge < -0.3 is 5.32 Å². The number of fused-ring (bicyclic) bond motifs is 1. The predicted octanol–water partition coefficient (Wildman–Crippen LogP) is 3.02. The van der Waals surface area contributed by atoms with Crippen LogP contribution in [0.3, 0.4) is 0 Å². The molecule has 0 fully saturated rings. The molecule has 0 aliphatic rings. The lowest BCUT2D eigenvalue weighted by Crippen LogP contribution is -2.46. The van der Waals surface area contributed by atoms with Gasteiger partial charge in [-0.15, -0.1) is 11.3 Å². The van der Waals surface area contributed by atoms with Crippen molar-refractivity contribution in [2.45, 2.75) is 44.0 Å². The fraction of sp³-hybridized carbons (Fsp3) is 0.389. The molecule has 0 saturated carbocycles. The summed E-state index contributed by atoms with van der Waals surface area (Å²) in [5, 5.41) is 9.54. The molecule has 8 nitrogen and oxygen atoms in total. The number of carbonyl (C=O) groups excluding carboxylic acids is 1. The molecule has 3 aromatic heterocycles. The van der Waals surface area contributed by atoms with Gasteiger partial charge in [-0.2, -0.15) is 9.82 Å². The number of sulfonamides is 1. The van der Waals surface area contributed by atoms with Gasteiger partial charge in [-0.25, -0.2) is 18.1 Å². The number of nitrogens with one attached hydrogen (secondary N) is 2. The van der Waals surface area contributed by atoms with Crippen LogP contribution in [0.2, 0.25) is 0 Å². The maximum absolute atomic E-state index is 12.8. The van der Waals surface area contributed by atoms with Crippen LogP contribution in [0.4, 0.5) is 5.69 Å². The predicted molar refractivity (Wildman–Crippen MR) is 110 cm³/mol. The van der Waals surface area contributed by atoms with E-state index in [2.05, 4.69) is 20.1 Å². The number of hydrogen-bond acceptors (Lipinski definition) is 6. The number of anilines is 1. The molecule has 3 aromatic rings. The summed E-state index contributed by atoms with van der Waals surface area (Å²) >= 11 is 1.10. The van der Waals surface area contributed by atoms with Crippen molar-refractivity contribution in [1.82, 2.24) is 19.5 Å². The topological polar surface area (TPSA) is 106 Å². The van der Waals surface area contributed by atoms with Crippen LogP contribution in [0, 0.1) is 5.92 Å². The van der Waals surface area contributed by atoms with Gasteiger partial charge in [0.05, 0.1) is 18.1 Å². The lowest BCUT2D eigenvalue weighted by atomic mass is 10.0. The monoisotopic (exact) mass is 421 g/mol. The van der Waals surface area contributed by atoms with Crippen molar-refractivity contribution in [1.29, 1.82) is 0 Å². The summed E-state index contributed by atoms with van der Waals surface area (Å²) in [6, 6.07) is 4.19. The van der Waals surface area contributed by atoms with Crippen LogP contribution < -0.4 is 10.0 Å². The molecule has 0 saturated heterocycles. The molecule has 28 heavy (non-hydrogen) atoms. The number of carbonyl (C=O) groups is 1. The first-order chi connectivity index (χ1) is 13.2. The van der Waals surface area contributed by atoms with Gasteiger partial charge in [-0.1, -0.05) is 19.9 Å². The Hall–Kier alpha value is -2.30. The summed E-state index contributed by atoms with van der Waals surface area (Å²) in [6.07, 6.45) is 3.24. The van der Waals surface area contributed by atoms with E-state index in [-0.39, 0.29) is 16.2 Å². The van der Waals surface area contributed by atoms with Crippen molar-refractivity contribution in [3.8, 4) is 0 Å². The Kier molecular flexibility index (Phi) is 5.82. The normalized spacial score (nSPS) is 13.4. The molecule has 0 aliphatic carbocycles. The van der Waals surface area contributed by atoms with Gasteiger partial charge in [0.25, 0.3) is 10.0 Å². The molecular weight excluding hydrogens is 398 g/mol. The lowest BCUT2D eigenvalue weighted by molar-refractivity contribution is -0.118. The average Bonchev–Trinajstić information content (AvgIpc) is 3.29. The van der Waals surface area contributed by atoms with E-state index in [0.29, 0.717) is 5.69 Å². The molecule has 10 heteroatoms. The third kappa shape index (κ3) is 4.23. The Bertz CT molecular complexity index is 1070. The highest BCUT2D eigenvalue weighted by Crippen LogP contribution is 2.21. The van der Waals surface area contributed by atoms with E-state index >= 15 is 0 Å². The first kappa shape index (κ1) is 20.4. The molecule has 0 spiro atoms. The third-order valence-electron chi connectivity index (χ3n) is 4.18. The zero-order chi connectivity index (χ0) is 20.5. The Balaban J connectivity index is 1.80. The fourth-order valence-electron chi connectivity index (χ4n) is 2.74. The molecule has 0 aromatic carbocycles. The molecule has 1 amide bonds. The van der Waals surface area contributed by atoms with E-state index < -0.39 is 22.0 Å². The van der Waals surface area contributed by atoms with Crippen LogP contribution in [0.1, 0.15) is 33.7 Å². The second-order valence-electron chi connectivity index (χ2n) is 7.08. The van der Waals surface area contributed by atoms with Gasteiger partial charge in [-0.05, 0) is 37.3 Å². The van der Waals surface area contributed by atoms with Gasteiger partial charge in [0.15, 0.2) is 5.65 Å². The van der Waals surface area contributed by atoms with Crippen LogP contribution >= 0.6 is 11.3 Å². The summed E-state index contributed by atoms with van der Waals surface area (Å²) in [5.41, 5.74) is 1.22. The van der Waals surface area contributed by atoms with Crippen LogP contribution in [0.25, 0.3) is 11.0 Å². The molecule has 3 heterocycles. The molecule has 2 N–H and O–H groups in total. The quantitative estimate of drug-likeness (QED) is 0.610. The number of aromatic nitrogens is 3. The van der Waals surface area contributed by atoms with Gasteiger partial charge in [0.1, 0.15) is 10.3 Å². The molecule has 0 radical (unpaired) electrons. The minimum absolute atomic E-state index is 0.169. The SMILES string of the molecule is CC(C)[C@H](NS(=O)(=O)c1cccs1)C(=O)Nc1cnc2c(cnn2C(C)C)c1. The van der Waals surface area contributed by atoms with Crippen LogP contribution in [0.15, 0.2) is 40.2 Å². The number of nitrogens with zero attached hydrogens (tertiary/aromatic N) is 3. The number of rotatable bonds is 7. The largest absolute Gasteiger partial charge is 0.323 e. The van der Waals surface area contributed by atoms with Crippen molar-refractivity contribution < 1.29 is 13.2 Å². The standard InChI is InChI=1S/C18H23N5O3S2/c1-11(2)16(22-28(25,26)15-6-5-7-27-15)18(24)21-14-8-13-9-20-23(12(3)4)17(13)19-10-14/h5-12,16,22H,1-4H3,(H,21,24)/t16-/m0/s1. The minimum Gasteiger partial charge on any atom is -0.323 e. The smallest absolute Gasteiger partial charge is 0.250 e. The highest BCUT2D eigenvalue weighted by Gasteiger charge is 2.29. The Morgan fingerprint density at radius 2 is 1.96 bits per heavy atom. The second-order valence-corrected chi connectivity index (χ2v) is 9.97. The zero-order valence-corrected chi connectivity index (χ0v) is 17.7. The van der Waals surface area contributed by atoms with Crippen molar-refractivity contribution in [3.63, 3.8) is 0 Å². The summed E-state index contributed by atoms with van der Waals surface area (Å²) in [7, 11) is -3.76. The molecule has 0 unspecified atom stereocenters. The molecule has 0 bridgehead atoms. The van der Waals surface area contributed by atoms with E-state index in [0.717, 1.165) is 22.4 Å². The summed E-state index contributed by atoms with van der Waals surface area (Å²) < 4.78 is 29.5. The molecule has 1 atom stereocenters.